The Hall–Kier alpha value is -3.19. The monoisotopic (exact) mass is 350 g/mol. The van der Waals surface area contributed by atoms with Crippen molar-refractivity contribution in [1.29, 1.82) is 0 Å². The van der Waals surface area contributed by atoms with Gasteiger partial charge in [0.1, 0.15) is 11.4 Å². The summed E-state index contributed by atoms with van der Waals surface area (Å²) in [5, 5.41) is 3.17. The molecule has 134 valence electrons. The Morgan fingerprint density at radius 1 is 1.15 bits per heavy atom. The molecule has 3 rings (SSSR count). The molecule has 7 heteroatoms. The fourth-order valence-corrected chi connectivity index (χ4v) is 2.72. The van der Waals surface area contributed by atoms with Crippen LogP contribution in [0.4, 0.5) is 11.6 Å². The molecule has 0 saturated carbocycles. The van der Waals surface area contributed by atoms with E-state index in [1.54, 1.807) is 31.6 Å². The molecule has 0 radical (unpaired) electrons. The van der Waals surface area contributed by atoms with Crippen molar-refractivity contribution in [3.8, 4) is 11.3 Å². The van der Waals surface area contributed by atoms with Gasteiger partial charge in [0.25, 0.3) is 5.56 Å². The third-order valence-corrected chi connectivity index (χ3v) is 4.14. The molecule has 0 amide bonds. The summed E-state index contributed by atoms with van der Waals surface area (Å²) >= 11 is 0. The molecular weight excluding hydrogens is 328 g/mol. The molecular formula is C19H22N6O. The second kappa shape index (κ2) is 7.79. The minimum Gasteiger partial charge on any atom is -0.392 e. The summed E-state index contributed by atoms with van der Waals surface area (Å²) in [6.45, 7) is 0.481. The number of pyridine rings is 1. The van der Waals surface area contributed by atoms with Gasteiger partial charge in [-0.3, -0.25) is 14.3 Å². The van der Waals surface area contributed by atoms with Crippen molar-refractivity contribution >= 4 is 11.6 Å². The fraction of sp³-hybridized carbons (Fsp3) is 0.211. The first kappa shape index (κ1) is 17.6. The lowest BCUT2D eigenvalue weighted by Gasteiger charge is -2.17. The highest BCUT2D eigenvalue weighted by atomic mass is 16.1. The second-order valence-electron chi connectivity index (χ2n) is 6.13. The Kier molecular flexibility index (Phi) is 5.28. The third-order valence-electron chi connectivity index (χ3n) is 4.14. The number of nitrogens with one attached hydrogen (secondary N) is 1. The van der Waals surface area contributed by atoms with Crippen LogP contribution in [0.3, 0.4) is 0 Å². The zero-order valence-electron chi connectivity index (χ0n) is 14.6. The number of nitrogen functional groups attached to an aromatic ring is 1. The SMILES string of the molecule is Cn1c(NCC(N)Cc2ccccc2)nc(-c2ccncc2)c(N)c1=O. The first-order valence-electron chi connectivity index (χ1n) is 8.36. The second-order valence-corrected chi connectivity index (χ2v) is 6.13. The van der Waals surface area contributed by atoms with Crippen molar-refractivity contribution < 1.29 is 0 Å². The van der Waals surface area contributed by atoms with Gasteiger partial charge in [-0.15, -0.1) is 0 Å². The molecule has 2 aromatic heterocycles. The van der Waals surface area contributed by atoms with E-state index >= 15 is 0 Å². The summed E-state index contributed by atoms with van der Waals surface area (Å²) in [4.78, 5) is 20.9. The van der Waals surface area contributed by atoms with E-state index in [1.807, 2.05) is 30.3 Å². The Balaban J connectivity index is 1.79. The number of hydrogen-bond acceptors (Lipinski definition) is 6. The molecule has 0 aliphatic rings. The molecule has 2 heterocycles. The highest BCUT2D eigenvalue weighted by molar-refractivity contribution is 5.72. The van der Waals surface area contributed by atoms with Gasteiger partial charge in [0, 0.05) is 37.6 Å². The summed E-state index contributed by atoms with van der Waals surface area (Å²) in [5.41, 5.74) is 14.3. The quantitative estimate of drug-likeness (QED) is 0.620. The van der Waals surface area contributed by atoms with Gasteiger partial charge < -0.3 is 16.8 Å². The minimum absolute atomic E-state index is 0.109. The number of aromatic nitrogens is 3. The van der Waals surface area contributed by atoms with E-state index in [2.05, 4.69) is 15.3 Å². The Bertz CT molecular complexity index is 924. The van der Waals surface area contributed by atoms with Gasteiger partial charge in [0.15, 0.2) is 0 Å². The molecule has 1 aromatic carbocycles. The van der Waals surface area contributed by atoms with E-state index in [1.165, 1.54) is 10.1 Å². The van der Waals surface area contributed by atoms with Crippen LogP contribution >= 0.6 is 0 Å². The average Bonchev–Trinajstić information content (AvgIpc) is 2.67. The van der Waals surface area contributed by atoms with Crippen LogP contribution in [0.15, 0.2) is 59.7 Å². The summed E-state index contributed by atoms with van der Waals surface area (Å²) in [5.74, 6) is 0.430. The van der Waals surface area contributed by atoms with Crippen molar-refractivity contribution in [1.82, 2.24) is 14.5 Å². The van der Waals surface area contributed by atoms with Crippen molar-refractivity contribution in [3.63, 3.8) is 0 Å². The van der Waals surface area contributed by atoms with E-state index in [9.17, 15) is 4.79 Å². The molecule has 0 aliphatic heterocycles. The molecule has 0 saturated heterocycles. The zero-order valence-corrected chi connectivity index (χ0v) is 14.6. The lowest BCUT2D eigenvalue weighted by Crippen LogP contribution is -2.34. The van der Waals surface area contributed by atoms with Gasteiger partial charge >= 0.3 is 0 Å². The standard InChI is InChI=1S/C19H22N6O/c1-25-18(26)16(21)17(14-7-9-22-10-8-14)24-19(25)23-12-15(20)11-13-5-3-2-4-6-13/h2-10,15H,11-12,20-21H2,1H3,(H,23,24). The van der Waals surface area contributed by atoms with Gasteiger partial charge in [0.2, 0.25) is 5.95 Å². The number of nitrogens with two attached hydrogens (primary N) is 2. The maximum atomic E-state index is 12.4. The lowest BCUT2D eigenvalue weighted by molar-refractivity contribution is 0.688. The van der Waals surface area contributed by atoms with E-state index in [-0.39, 0.29) is 17.3 Å². The predicted octanol–water partition coefficient (Wildman–Crippen LogP) is 1.41. The average molecular weight is 350 g/mol. The first-order valence-corrected chi connectivity index (χ1v) is 8.36. The van der Waals surface area contributed by atoms with Gasteiger partial charge in [-0.05, 0) is 24.1 Å². The molecule has 1 unspecified atom stereocenters. The summed E-state index contributed by atoms with van der Waals surface area (Å²) in [6.07, 6.45) is 4.00. The van der Waals surface area contributed by atoms with Gasteiger partial charge in [-0.1, -0.05) is 30.3 Å². The molecule has 0 aliphatic carbocycles. The summed E-state index contributed by atoms with van der Waals surface area (Å²) < 4.78 is 1.40. The van der Waals surface area contributed by atoms with Gasteiger partial charge in [-0.25, -0.2) is 4.98 Å². The van der Waals surface area contributed by atoms with Crippen LogP contribution in [0.1, 0.15) is 5.56 Å². The van der Waals surface area contributed by atoms with Gasteiger partial charge in [-0.2, -0.15) is 0 Å². The molecule has 3 aromatic rings. The maximum absolute atomic E-state index is 12.4. The van der Waals surface area contributed by atoms with E-state index < -0.39 is 0 Å². The maximum Gasteiger partial charge on any atom is 0.278 e. The van der Waals surface area contributed by atoms with Crippen molar-refractivity contribution in [2.45, 2.75) is 12.5 Å². The molecule has 0 bridgehead atoms. The van der Waals surface area contributed by atoms with Crippen LogP contribution < -0.4 is 22.3 Å². The van der Waals surface area contributed by atoms with Crippen molar-refractivity contribution in [2.75, 3.05) is 17.6 Å². The summed E-state index contributed by atoms with van der Waals surface area (Å²) in [6, 6.07) is 13.4. The lowest BCUT2D eigenvalue weighted by atomic mass is 10.1. The largest absolute Gasteiger partial charge is 0.392 e. The Morgan fingerprint density at radius 3 is 2.54 bits per heavy atom. The fourth-order valence-electron chi connectivity index (χ4n) is 2.72. The molecule has 7 nitrogen and oxygen atoms in total. The van der Waals surface area contributed by atoms with Crippen LogP contribution in [-0.4, -0.2) is 27.1 Å². The van der Waals surface area contributed by atoms with Crippen molar-refractivity contribution in [3.05, 3.63) is 70.8 Å². The minimum atomic E-state index is -0.300. The van der Waals surface area contributed by atoms with Crippen LogP contribution in [0, 0.1) is 0 Å². The molecule has 5 N–H and O–H groups in total. The van der Waals surface area contributed by atoms with Crippen LogP contribution in [0.25, 0.3) is 11.3 Å². The molecule has 26 heavy (non-hydrogen) atoms. The highest BCUT2D eigenvalue weighted by Gasteiger charge is 2.14. The highest BCUT2D eigenvalue weighted by Crippen LogP contribution is 2.21. The first-order chi connectivity index (χ1) is 12.6. The topological polar surface area (TPSA) is 112 Å². The number of rotatable bonds is 6. The normalized spacial score (nSPS) is 11.9. The molecule has 0 fully saturated rings. The molecule has 0 spiro atoms. The van der Waals surface area contributed by atoms with Crippen LogP contribution in [-0.2, 0) is 13.5 Å². The van der Waals surface area contributed by atoms with Crippen molar-refractivity contribution in [2.24, 2.45) is 12.8 Å². The van der Waals surface area contributed by atoms with E-state index in [4.69, 9.17) is 11.5 Å². The number of anilines is 2. The van der Waals surface area contributed by atoms with Crippen LogP contribution in [0.5, 0.6) is 0 Å². The Morgan fingerprint density at radius 2 is 1.85 bits per heavy atom. The van der Waals surface area contributed by atoms with E-state index in [0.29, 0.717) is 18.2 Å². The number of benzene rings is 1. The predicted molar refractivity (Wildman–Crippen MR) is 104 cm³/mol. The van der Waals surface area contributed by atoms with Gasteiger partial charge in [0.05, 0.1) is 0 Å². The Labute approximate surface area is 151 Å². The smallest absolute Gasteiger partial charge is 0.278 e. The summed E-state index contributed by atoms with van der Waals surface area (Å²) in [7, 11) is 1.63. The number of hydrogen-bond donors (Lipinski definition) is 3. The zero-order chi connectivity index (χ0) is 18.5. The number of nitrogens with zero attached hydrogens (tertiary/aromatic N) is 3. The van der Waals surface area contributed by atoms with E-state index in [0.717, 1.165) is 12.0 Å². The third kappa shape index (κ3) is 3.89. The van der Waals surface area contributed by atoms with Crippen LogP contribution in [0.2, 0.25) is 0 Å². The molecule has 1 atom stereocenters.